The van der Waals surface area contributed by atoms with Crippen molar-refractivity contribution >= 4 is 33.7 Å². The van der Waals surface area contributed by atoms with Gasteiger partial charge in [-0.05, 0) is 48.0 Å². The number of nitrogens with zero attached hydrogens (tertiary/aromatic N) is 5. The highest BCUT2D eigenvalue weighted by atomic mass is 32.2. The third-order valence-corrected chi connectivity index (χ3v) is 5.62. The first-order valence-electron chi connectivity index (χ1n) is 8.80. The summed E-state index contributed by atoms with van der Waals surface area (Å²) in [6, 6.07) is 12.7. The molecule has 0 unspecified atom stereocenters. The van der Waals surface area contributed by atoms with Crippen LogP contribution in [0, 0.1) is 11.6 Å². The predicted octanol–water partition coefficient (Wildman–Crippen LogP) is 4.93. The van der Waals surface area contributed by atoms with Crippen molar-refractivity contribution in [2.75, 3.05) is 0 Å². The molecule has 5 nitrogen and oxygen atoms in total. The fraction of sp³-hybridized carbons (Fsp3) is 0.0476. The Morgan fingerprint density at radius 3 is 2.62 bits per heavy atom. The van der Waals surface area contributed by atoms with Crippen LogP contribution in [-0.2, 0) is 5.75 Å². The lowest BCUT2D eigenvalue weighted by Crippen LogP contribution is -1.98. The molecule has 5 rings (SSSR count). The van der Waals surface area contributed by atoms with Crippen LogP contribution >= 0.6 is 11.8 Å². The highest BCUT2D eigenvalue weighted by Gasteiger charge is 2.13. The summed E-state index contributed by atoms with van der Waals surface area (Å²) in [6.07, 6.45) is 4.83. The Kier molecular flexibility index (Phi) is 4.40. The van der Waals surface area contributed by atoms with Gasteiger partial charge >= 0.3 is 0 Å². The molecule has 0 N–H and O–H groups in total. The van der Waals surface area contributed by atoms with Gasteiger partial charge in [0.2, 0.25) is 0 Å². The van der Waals surface area contributed by atoms with Crippen LogP contribution in [0.2, 0.25) is 0 Å². The molecular formula is C21H13F2N5S. The molecule has 0 bridgehead atoms. The summed E-state index contributed by atoms with van der Waals surface area (Å²) in [5, 5.41) is 6.44. The Morgan fingerprint density at radius 1 is 0.897 bits per heavy atom. The van der Waals surface area contributed by atoms with Crippen molar-refractivity contribution in [3.8, 4) is 5.69 Å². The first-order valence-corrected chi connectivity index (χ1v) is 9.79. The number of halogens is 2. The van der Waals surface area contributed by atoms with Gasteiger partial charge < -0.3 is 0 Å². The molecule has 142 valence electrons. The number of benzene rings is 2. The molecule has 3 aromatic heterocycles. The van der Waals surface area contributed by atoms with Crippen LogP contribution in [0.4, 0.5) is 8.78 Å². The molecular weight excluding hydrogens is 392 g/mol. The molecule has 0 radical (unpaired) electrons. The van der Waals surface area contributed by atoms with Crippen molar-refractivity contribution < 1.29 is 8.78 Å². The minimum absolute atomic E-state index is 0.285. The molecule has 0 aliphatic carbocycles. The van der Waals surface area contributed by atoms with Crippen LogP contribution in [-0.4, -0.2) is 24.7 Å². The fourth-order valence-electron chi connectivity index (χ4n) is 3.17. The molecule has 8 heteroatoms. The standard InChI is InChI=1S/C21H13F2N5S/c22-14-4-6-15(7-5-14)28-20-17(10-27-28)21(26-12-25-20)29-11-13-3-8-18(23)16-2-1-9-24-19(13)16/h1-10,12H,11H2. The highest BCUT2D eigenvalue weighted by molar-refractivity contribution is 7.98. The van der Waals surface area contributed by atoms with E-state index in [0.29, 0.717) is 28.0 Å². The van der Waals surface area contributed by atoms with Crippen molar-refractivity contribution in [3.05, 3.63) is 84.4 Å². The summed E-state index contributed by atoms with van der Waals surface area (Å²) in [6.45, 7) is 0. The number of aromatic nitrogens is 5. The van der Waals surface area contributed by atoms with E-state index < -0.39 is 0 Å². The number of hydrogen-bond acceptors (Lipinski definition) is 5. The quantitative estimate of drug-likeness (QED) is 0.313. The van der Waals surface area contributed by atoms with E-state index in [1.165, 1.54) is 36.3 Å². The zero-order valence-corrected chi connectivity index (χ0v) is 15.8. The van der Waals surface area contributed by atoms with Gasteiger partial charge in [0.15, 0.2) is 5.65 Å². The number of thioether (sulfide) groups is 1. The monoisotopic (exact) mass is 405 g/mol. The van der Waals surface area contributed by atoms with Gasteiger partial charge in [0.25, 0.3) is 0 Å². The van der Waals surface area contributed by atoms with Crippen molar-refractivity contribution in [1.82, 2.24) is 24.7 Å². The van der Waals surface area contributed by atoms with Gasteiger partial charge in [-0.1, -0.05) is 6.07 Å². The van der Waals surface area contributed by atoms with E-state index in [0.717, 1.165) is 16.0 Å². The smallest absolute Gasteiger partial charge is 0.167 e. The van der Waals surface area contributed by atoms with Gasteiger partial charge in [0.05, 0.1) is 22.8 Å². The number of pyridine rings is 1. The maximum absolute atomic E-state index is 14.0. The van der Waals surface area contributed by atoms with Gasteiger partial charge in [-0.2, -0.15) is 5.10 Å². The van der Waals surface area contributed by atoms with E-state index in [1.807, 2.05) is 0 Å². The van der Waals surface area contributed by atoms with Crippen molar-refractivity contribution in [2.45, 2.75) is 10.8 Å². The third kappa shape index (κ3) is 3.21. The van der Waals surface area contributed by atoms with Gasteiger partial charge in [-0.15, -0.1) is 11.8 Å². The second-order valence-electron chi connectivity index (χ2n) is 6.34. The zero-order chi connectivity index (χ0) is 19.8. The van der Waals surface area contributed by atoms with E-state index in [1.54, 1.807) is 47.4 Å². The van der Waals surface area contributed by atoms with Crippen LogP contribution in [0.5, 0.6) is 0 Å². The first-order chi connectivity index (χ1) is 14.2. The van der Waals surface area contributed by atoms with Crippen LogP contribution in [0.15, 0.2) is 72.3 Å². The van der Waals surface area contributed by atoms with Gasteiger partial charge in [-0.25, -0.2) is 23.4 Å². The molecule has 2 aromatic carbocycles. The number of fused-ring (bicyclic) bond motifs is 2. The van der Waals surface area contributed by atoms with Crippen molar-refractivity contribution in [1.29, 1.82) is 0 Å². The molecule has 0 spiro atoms. The van der Waals surface area contributed by atoms with Crippen LogP contribution in [0.25, 0.3) is 27.6 Å². The van der Waals surface area contributed by atoms with E-state index >= 15 is 0 Å². The second-order valence-corrected chi connectivity index (χ2v) is 7.31. The minimum atomic E-state index is -0.309. The van der Waals surface area contributed by atoms with Gasteiger partial charge in [0.1, 0.15) is 23.0 Å². The Hall–Kier alpha value is -3.39. The topological polar surface area (TPSA) is 56.5 Å². The lowest BCUT2D eigenvalue weighted by Gasteiger charge is -2.07. The highest BCUT2D eigenvalue weighted by Crippen LogP contribution is 2.30. The molecule has 0 saturated carbocycles. The van der Waals surface area contributed by atoms with Crippen LogP contribution in [0.1, 0.15) is 5.56 Å². The Morgan fingerprint density at radius 2 is 1.76 bits per heavy atom. The van der Waals surface area contributed by atoms with E-state index in [9.17, 15) is 8.78 Å². The zero-order valence-electron chi connectivity index (χ0n) is 15.0. The second kappa shape index (κ2) is 7.21. The Balaban J connectivity index is 1.49. The van der Waals surface area contributed by atoms with Crippen molar-refractivity contribution in [2.24, 2.45) is 0 Å². The van der Waals surface area contributed by atoms with Crippen LogP contribution < -0.4 is 0 Å². The van der Waals surface area contributed by atoms with E-state index in [2.05, 4.69) is 20.1 Å². The summed E-state index contributed by atoms with van der Waals surface area (Å²) in [5.41, 5.74) is 2.91. The lowest BCUT2D eigenvalue weighted by molar-refractivity contribution is 0.627. The predicted molar refractivity (Wildman–Crippen MR) is 108 cm³/mol. The Bertz CT molecular complexity index is 1330. The molecule has 5 aromatic rings. The van der Waals surface area contributed by atoms with Gasteiger partial charge in [-0.3, -0.25) is 4.98 Å². The molecule has 3 heterocycles. The maximum Gasteiger partial charge on any atom is 0.167 e. The van der Waals surface area contributed by atoms with Crippen molar-refractivity contribution in [3.63, 3.8) is 0 Å². The molecule has 0 saturated heterocycles. The maximum atomic E-state index is 14.0. The summed E-state index contributed by atoms with van der Waals surface area (Å²) in [7, 11) is 0. The average molecular weight is 405 g/mol. The average Bonchev–Trinajstić information content (AvgIpc) is 3.19. The van der Waals surface area contributed by atoms with E-state index in [-0.39, 0.29) is 11.6 Å². The van der Waals surface area contributed by atoms with Crippen LogP contribution in [0.3, 0.4) is 0 Å². The largest absolute Gasteiger partial charge is 0.256 e. The summed E-state index contributed by atoms with van der Waals surface area (Å²) in [4.78, 5) is 13.1. The number of rotatable bonds is 4. The lowest BCUT2D eigenvalue weighted by atomic mass is 10.1. The molecule has 0 aliphatic heterocycles. The third-order valence-electron chi connectivity index (χ3n) is 4.56. The summed E-state index contributed by atoms with van der Waals surface area (Å²) >= 11 is 1.51. The summed E-state index contributed by atoms with van der Waals surface area (Å²) in [5.74, 6) is -0.0233. The normalized spacial score (nSPS) is 11.4. The van der Waals surface area contributed by atoms with Gasteiger partial charge in [0, 0.05) is 17.3 Å². The minimum Gasteiger partial charge on any atom is -0.256 e. The fourth-order valence-corrected chi connectivity index (χ4v) is 4.11. The molecule has 0 amide bonds. The SMILES string of the molecule is Fc1ccc(-n2ncc3c(SCc4ccc(F)c5cccnc45)ncnc32)cc1. The molecule has 0 aliphatic rings. The summed E-state index contributed by atoms with van der Waals surface area (Å²) < 4.78 is 28.9. The molecule has 0 atom stereocenters. The van der Waals surface area contributed by atoms with E-state index in [4.69, 9.17) is 0 Å². The number of hydrogen-bond donors (Lipinski definition) is 0. The Labute approximate surface area is 168 Å². The first kappa shape index (κ1) is 17.7. The molecule has 0 fully saturated rings. The molecule has 29 heavy (non-hydrogen) atoms.